The highest BCUT2D eigenvalue weighted by molar-refractivity contribution is 5.93. The number of aliphatic hydroxyl groups excluding tert-OH is 1. The van der Waals surface area contributed by atoms with E-state index in [1.807, 2.05) is 0 Å². The lowest BCUT2D eigenvalue weighted by Gasteiger charge is -2.43. The first-order chi connectivity index (χ1) is 13.2. The van der Waals surface area contributed by atoms with E-state index in [2.05, 4.69) is 9.97 Å². The average Bonchev–Trinajstić information content (AvgIpc) is 2.64. The van der Waals surface area contributed by atoms with Crippen molar-refractivity contribution in [2.75, 3.05) is 13.1 Å². The summed E-state index contributed by atoms with van der Waals surface area (Å²) < 4.78 is 13.2. The Hall–Kier alpha value is -2.87. The van der Waals surface area contributed by atoms with Crippen LogP contribution in [0.15, 0.2) is 30.3 Å². The van der Waals surface area contributed by atoms with Crippen LogP contribution in [0.5, 0.6) is 0 Å². The number of carbonyl (C=O) groups is 2. The lowest BCUT2D eigenvalue weighted by molar-refractivity contribution is -0.161. The molecule has 0 unspecified atom stereocenters. The van der Waals surface area contributed by atoms with Crippen molar-refractivity contribution >= 4 is 11.9 Å². The summed E-state index contributed by atoms with van der Waals surface area (Å²) in [7, 11) is 0. The Bertz CT molecular complexity index is 883. The lowest BCUT2D eigenvalue weighted by Crippen LogP contribution is -2.58. The van der Waals surface area contributed by atoms with Crippen LogP contribution in [0.1, 0.15) is 34.0 Å². The largest absolute Gasteiger partial charge is 0.481 e. The van der Waals surface area contributed by atoms with Crippen LogP contribution >= 0.6 is 0 Å². The zero-order chi connectivity index (χ0) is 20.5. The maximum Gasteiger partial charge on any atom is 0.314 e. The number of rotatable bonds is 4. The summed E-state index contributed by atoms with van der Waals surface area (Å²) in [6, 6.07) is 7.03. The Morgan fingerprint density at radius 2 is 1.93 bits per heavy atom. The number of aliphatic hydroxyl groups is 1. The van der Waals surface area contributed by atoms with Gasteiger partial charge in [0.1, 0.15) is 22.8 Å². The molecule has 8 heteroatoms. The van der Waals surface area contributed by atoms with Gasteiger partial charge >= 0.3 is 5.97 Å². The predicted octanol–water partition coefficient (Wildman–Crippen LogP) is 1.75. The fourth-order valence-electron chi connectivity index (χ4n) is 3.67. The number of carbonyl (C=O) groups excluding carboxylic acids is 1. The molecule has 1 aromatic carbocycles. The molecule has 1 fully saturated rings. The molecule has 2 aromatic rings. The number of benzene rings is 1. The molecule has 148 valence electrons. The van der Waals surface area contributed by atoms with Gasteiger partial charge in [0.25, 0.3) is 5.91 Å². The average molecular weight is 387 g/mol. The minimum atomic E-state index is -1.58. The number of hydrogen-bond acceptors (Lipinski definition) is 5. The number of aliphatic carboxylic acids is 1. The fourth-order valence-corrected chi connectivity index (χ4v) is 3.67. The second-order valence-electron chi connectivity index (χ2n) is 7.24. The van der Waals surface area contributed by atoms with Gasteiger partial charge in [0.2, 0.25) is 0 Å². The van der Waals surface area contributed by atoms with E-state index in [4.69, 9.17) is 0 Å². The second-order valence-corrected chi connectivity index (χ2v) is 7.24. The summed E-state index contributed by atoms with van der Waals surface area (Å²) in [6.45, 7) is 3.49. The molecule has 1 aromatic heterocycles. The van der Waals surface area contributed by atoms with Gasteiger partial charge in [-0.05, 0) is 50.5 Å². The van der Waals surface area contributed by atoms with E-state index in [0.717, 1.165) is 0 Å². The minimum Gasteiger partial charge on any atom is -0.481 e. The van der Waals surface area contributed by atoms with Crippen molar-refractivity contribution in [3.63, 3.8) is 0 Å². The molecule has 0 bridgehead atoms. The van der Waals surface area contributed by atoms with Crippen molar-refractivity contribution in [1.29, 1.82) is 0 Å². The van der Waals surface area contributed by atoms with E-state index in [0.29, 0.717) is 17.1 Å². The van der Waals surface area contributed by atoms with E-state index in [1.54, 1.807) is 19.9 Å². The molecule has 28 heavy (non-hydrogen) atoms. The maximum absolute atomic E-state index is 13.2. The lowest BCUT2D eigenvalue weighted by atomic mass is 9.72. The van der Waals surface area contributed by atoms with Crippen LogP contribution in [-0.2, 0) is 11.2 Å². The van der Waals surface area contributed by atoms with E-state index >= 15 is 0 Å². The number of aryl methyl sites for hydroxylation is 2. The Morgan fingerprint density at radius 1 is 1.25 bits per heavy atom. The topological polar surface area (TPSA) is 104 Å². The van der Waals surface area contributed by atoms with E-state index < -0.39 is 29.2 Å². The van der Waals surface area contributed by atoms with Gasteiger partial charge in [-0.15, -0.1) is 0 Å². The summed E-state index contributed by atoms with van der Waals surface area (Å²) in [5, 5.41) is 20.5. The molecule has 2 N–H and O–H groups in total. The first kappa shape index (κ1) is 19.9. The number of amides is 1. The molecule has 2 heterocycles. The highest BCUT2D eigenvalue weighted by Crippen LogP contribution is 2.35. The molecule has 2 atom stereocenters. The van der Waals surface area contributed by atoms with Crippen LogP contribution < -0.4 is 0 Å². The Morgan fingerprint density at radius 3 is 2.54 bits per heavy atom. The maximum atomic E-state index is 13.2. The molecule has 0 spiro atoms. The van der Waals surface area contributed by atoms with Gasteiger partial charge in [0.05, 0.1) is 6.10 Å². The van der Waals surface area contributed by atoms with Crippen LogP contribution in [-0.4, -0.2) is 56.2 Å². The van der Waals surface area contributed by atoms with Gasteiger partial charge in [-0.3, -0.25) is 9.59 Å². The smallest absolute Gasteiger partial charge is 0.314 e. The van der Waals surface area contributed by atoms with Gasteiger partial charge in [0, 0.05) is 18.8 Å². The molecule has 1 aliphatic heterocycles. The summed E-state index contributed by atoms with van der Waals surface area (Å²) in [5.74, 6) is -1.57. The molecule has 0 aliphatic carbocycles. The quantitative estimate of drug-likeness (QED) is 0.828. The van der Waals surface area contributed by atoms with Gasteiger partial charge in [-0.25, -0.2) is 14.4 Å². The van der Waals surface area contributed by atoms with Gasteiger partial charge < -0.3 is 15.1 Å². The summed E-state index contributed by atoms with van der Waals surface area (Å²) in [4.78, 5) is 34.8. The highest BCUT2D eigenvalue weighted by atomic mass is 19.1. The number of piperidine rings is 1. The van der Waals surface area contributed by atoms with E-state index in [1.165, 1.54) is 29.2 Å². The summed E-state index contributed by atoms with van der Waals surface area (Å²) in [6.07, 6.45) is -1.02. The first-order valence-corrected chi connectivity index (χ1v) is 8.99. The van der Waals surface area contributed by atoms with Crippen molar-refractivity contribution in [3.8, 4) is 0 Å². The molecule has 1 aliphatic rings. The van der Waals surface area contributed by atoms with Crippen molar-refractivity contribution in [2.45, 2.75) is 32.8 Å². The third-order valence-corrected chi connectivity index (χ3v) is 5.11. The number of nitrogens with zero attached hydrogens (tertiary/aromatic N) is 3. The molecule has 1 amide bonds. The van der Waals surface area contributed by atoms with E-state index in [-0.39, 0.29) is 31.6 Å². The normalized spacial score (nSPS) is 22.1. The second kappa shape index (κ2) is 7.63. The van der Waals surface area contributed by atoms with Crippen molar-refractivity contribution in [1.82, 2.24) is 14.9 Å². The minimum absolute atomic E-state index is 0.0185. The number of halogens is 1. The summed E-state index contributed by atoms with van der Waals surface area (Å²) >= 11 is 0. The standard InChI is InChI=1S/C20H22FN3O4/c1-12-9-16(23-13(2)22-12)18(26)24-8-7-17(25)20(11-24,19(27)28)10-14-3-5-15(21)6-4-14/h3-6,9,17,25H,7-8,10-11H2,1-2H3,(H,27,28)/t17-,20-/m1/s1. The third-order valence-electron chi connectivity index (χ3n) is 5.11. The van der Waals surface area contributed by atoms with Gasteiger partial charge in [-0.1, -0.05) is 12.1 Å². The van der Waals surface area contributed by atoms with Crippen molar-refractivity contribution < 1.29 is 24.2 Å². The molecular formula is C20H22FN3O4. The number of carboxylic acids is 1. The first-order valence-electron chi connectivity index (χ1n) is 8.99. The van der Waals surface area contributed by atoms with Crippen LogP contribution in [0.2, 0.25) is 0 Å². The highest BCUT2D eigenvalue weighted by Gasteiger charge is 2.50. The predicted molar refractivity (Wildman–Crippen MR) is 98.2 cm³/mol. The Balaban J connectivity index is 1.91. The Kier molecular flexibility index (Phi) is 5.42. The molecule has 3 rings (SSSR count). The number of aromatic nitrogens is 2. The number of carboxylic acid groups (broad SMARTS) is 1. The number of hydrogen-bond donors (Lipinski definition) is 2. The van der Waals surface area contributed by atoms with Gasteiger partial charge in [-0.2, -0.15) is 0 Å². The third kappa shape index (κ3) is 3.87. The zero-order valence-electron chi connectivity index (χ0n) is 15.7. The van der Waals surface area contributed by atoms with Crippen LogP contribution in [0.25, 0.3) is 0 Å². The molecular weight excluding hydrogens is 365 g/mol. The molecule has 0 saturated carbocycles. The van der Waals surface area contributed by atoms with Gasteiger partial charge in [0.15, 0.2) is 0 Å². The van der Waals surface area contributed by atoms with E-state index in [9.17, 15) is 24.2 Å². The monoisotopic (exact) mass is 387 g/mol. The Labute approximate surface area is 161 Å². The molecule has 0 radical (unpaired) electrons. The van der Waals surface area contributed by atoms with Crippen molar-refractivity contribution in [3.05, 3.63) is 58.9 Å². The molecule has 1 saturated heterocycles. The summed E-state index contributed by atoms with van der Waals surface area (Å²) in [5.41, 5.74) is -0.167. The fraction of sp³-hybridized carbons (Fsp3) is 0.400. The number of likely N-dealkylation sites (tertiary alicyclic amines) is 1. The molecule has 7 nitrogen and oxygen atoms in total. The van der Waals surface area contributed by atoms with Crippen molar-refractivity contribution in [2.24, 2.45) is 5.41 Å². The van der Waals surface area contributed by atoms with Crippen LogP contribution in [0.3, 0.4) is 0 Å². The zero-order valence-corrected chi connectivity index (χ0v) is 15.7. The SMILES string of the molecule is Cc1cc(C(=O)N2CC[C@@H](O)[C@](Cc3ccc(F)cc3)(C(=O)O)C2)nc(C)n1. The van der Waals surface area contributed by atoms with Crippen LogP contribution in [0, 0.1) is 25.1 Å². The van der Waals surface area contributed by atoms with Crippen LogP contribution in [0.4, 0.5) is 4.39 Å².